The first kappa shape index (κ1) is 17.5. The Hall–Kier alpha value is -2.34. The lowest BCUT2D eigenvalue weighted by Gasteiger charge is -2.13. The van der Waals surface area contributed by atoms with Crippen molar-refractivity contribution in [2.24, 2.45) is 0 Å². The molecule has 2 N–H and O–H groups in total. The number of aryl methyl sites for hydroxylation is 2. The quantitative estimate of drug-likeness (QED) is 0.833. The van der Waals surface area contributed by atoms with Crippen molar-refractivity contribution in [3.63, 3.8) is 0 Å². The van der Waals surface area contributed by atoms with Gasteiger partial charge >= 0.3 is 0 Å². The first-order valence-corrected chi connectivity index (χ1v) is 10.0. The average Bonchev–Trinajstić information content (AvgIpc) is 3.07. The zero-order valence-corrected chi connectivity index (χ0v) is 15.0. The molecule has 0 fully saturated rings. The van der Waals surface area contributed by atoms with Crippen LogP contribution in [0, 0.1) is 0 Å². The van der Waals surface area contributed by atoms with E-state index < -0.39 is 10.0 Å². The normalized spacial score (nSPS) is 13.3. The van der Waals surface area contributed by atoms with Crippen molar-refractivity contribution in [2.75, 3.05) is 11.3 Å². The van der Waals surface area contributed by atoms with Crippen LogP contribution >= 0.6 is 0 Å². The summed E-state index contributed by atoms with van der Waals surface area (Å²) in [7, 11) is -3.74. The third kappa shape index (κ3) is 3.85. The highest BCUT2D eigenvalue weighted by Gasteiger charge is 2.20. The number of para-hydroxylation sites is 1. The maximum absolute atomic E-state index is 12.7. The van der Waals surface area contributed by atoms with Gasteiger partial charge in [-0.25, -0.2) is 8.42 Å². The van der Waals surface area contributed by atoms with E-state index in [1.807, 2.05) is 13.0 Å². The van der Waals surface area contributed by atoms with Crippen LogP contribution in [0.15, 0.2) is 47.4 Å². The van der Waals surface area contributed by atoms with E-state index in [-0.39, 0.29) is 16.5 Å². The van der Waals surface area contributed by atoms with Crippen LogP contribution in [-0.2, 0) is 22.9 Å². The number of fused-ring (bicyclic) bond motifs is 1. The second-order valence-electron chi connectivity index (χ2n) is 6.19. The lowest BCUT2D eigenvalue weighted by atomic mass is 10.1. The van der Waals surface area contributed by atoms with Crippen LogP contribution < -0.4 is 10.0 Å². The number of carbonyl (C=O) groups is 1. The molecule has 3 rings (SSSR count). The summed E-state index contributed by atoms with van der Waals surface area (Å²) >= 11 is 0. The van der Waals surface area contributed by atoms with Gasteiger partial charge in [-0.1, -0.05) is 25.1 Å². The molecule has 132 valence electrons. The largest absolute Gasteiger partial charge is 0.352 e. The van der Waals surface area contributed by atoms with Crippen LogP contribution in [0.25, 0.3) is 0 Å². The highest BCUT2D eigenvalue weighted by molar-refractivity contribution is 7.92. The number of amides is 1. The van der Waals surface area contributed by atoms with E-state index in [0.717, 1.165) is 31.2 Å². The van der Waals surface area contributed by atoms with Crippen molar-refractivity contribution in [3.05, 3.63) is 59.2 Å². The highest BCUT2D eigenvalue weighted by atomic mass is 32.2. The topological polar surface area (TPSA) is 75.3 Å². The molecule has 0 unspecified atom stereocenters. The predicted octanol–water partition coefficient (Wildman–Crippen LogP) is 3.12. The minimum absolute atomic E-state index is 0.233. The van der Waals surface area contributed by atoms with Gasteiger partial charge in [-0.2, -0.15) is 0 Å². The SMILES string of the molecule is CCCNC(=O)c1ccccc1NS(=O)(=O)c1ccc2c(c1)CCC2. The van der Waals surface area contributed by atoms with Crippen LogP contribution in [0.2, 0.25) is 0 Å². The van der Waals surface area contributed by atoms with Gasteiger partial charge in [0.2, 0.25) is 0 Å². The van der Waals surface area contributed by atoms with E-state index in [9.17, 15) is 13.2 Å². The smallest absolute Gasteiger partial charge is 0.261 e. The molecule has 6 heteroatoms. The van der Waals surface area contributed by atoms with Gasteiger partial charge in [-0.3, -0.25) is 9.52 Å². The molecule has 2 aromatic carbocycles. The van der Waals surface area contributed by atoms with Crippen LogP contribution in [0.4, 0.5) is 5.69 Å². The Labute approximate surface area is 148 Å². The molecular weight excluding hydrogens is 336 g/mol. The monoisotopic (exact) mass is 358 g/mol. The molecule has 0 saturated carbocycles. The van der Waals surface area contributed by atoms with E-state index >= 15 is 0 Å². The van der Waals surface area contributed by atoms with Crippen LogP contribution in [0.1, 0.15) is 41.3 Å². The Balaban J connectivity index is 1.87. The Morgan fingerprint density at radius 3 is 2.64 bits per heavy atom. The molecule has 25 heavy (non-hydrogen) atoms. The Kier molecular flexibility index (Phi) is 5.08. The van der Waals surface area contributed by atoms with Crippen LogP contribution in [0.5, 0.6) is 0 Å². The van der Waals surface area contributed by atoms with Gasteiger partial charge in [0.05, 0.1) is 16.1 Å². The number of benzene rings is 2. The van der Waals surface area contributed by atoms with E-state index in [4.69, 9.17) is 0 Å². The van der Waals surface area contributed by atoms with Crippen molar-refractivity contribution in [3.8, 4) is 0 Å². The van der Waals surface area contributed by atoms with E-state index in [1.54, 1.807) is 36.4 Å². The zero-order valence-electron chi connectivity index (χ0n) is 14.2. The molecule has 1 aliphatic rings. The first-order chi connectivity index (χ1) is 12.0. The van der Waals surface area contributed by atoms with E-state index in [0.29, 0.717) is 12.1 Å². The van der Waals surface area contributed by atoms with Gasteiger partial charge in [0, 0.05) is 6.54 Å². The molecular formula is C19H22N2O3S. The van der Waals surface area contributed by atoms with Gasteiger partial charge in [0.25, 0.3) is 15.9 Å². The lowest BCUT2D eigenvalue weighted by molar-refractivity contribution is 0.0954. The highest BCUT2D eigenvalue weighted by Crippen LogP contribution is 2.26. The maximum Gasteiger partial charge on any atom is 0.261 e. The Morgan fingerprint density at radius 1 is 1.08 bits per heavy atom. The summed E-state index contributed by atoms with van der Waals surface area (Å²) in [4.78, 5) is 12.5. The Morgan fingerprint density at radius 2 is 1.84 bits per heavy atom. The summed E-state index contributed by atoms with van der Waals surface area (Å²) in [5.41, 5.74) is 2.92. The molecule has 0 radical (unpaired) electrons. The number of hydrogen-bond acceptors (Lipinski definition) is 3. The molecule has 0 heterocycles. The summed E-state index contributed by atoms with van der Waals surface area (Å²) in [6.07, 6.45) is 3.79. The first-order valence-electron chi connectivity index (χ1n) is 8.53. The number of rotatable bonds is 6. The van der Waals surface area contributed by atoms with Crippen molar-refractivity contribution in [2.45, 2.75) is 37.5 Å². The summed E-state index contributed by atoms with van der Waals surface area (Å²) in [6.45, 7) is 2.51. The fourth-order valence-corrected chi connectivity index (χ4v) is 4.15. The summed E-state index contributed by atoms with van der Waals surface area (Å²) in [5.74, 6) is -0.283. The van der Waals surface area contributed by atoms with Gasteiger partial charge in [-0.05, 0) is 61.1 Å². The fraction of sp³-hybridized carbons (Fsp3) is 0.316. The number of anilines is 1. The van der Waals surface area contributed by atoms with Crippen molar-refractivity contribution >= 4 is 21.6 Å². The number of hydrogen-bond donors (Lipinski definition) is 2. The molecule has 0 atom stereocenters. The van der Waals surface area contributed by atoms with Crippen LogP contribution in [0.3, 0.4) is 0 Å². The fourth-order valence-electron chi connectivity index (χ4n) is 3.02. The minimum atomic E-state index is -3.74. The molecule has 1 amide bonds. The summed E-state index contributed by atoms with van der Waals surface area (Å²) < 4.78 is 28.1. The van der Waals surface area contributed by atoms with Gasteiger partial charge in [-0.15, -0.1) is 0 Å². The summed E-state index contributed by atoms with van der Waals surface area (Å²) in [5, 5.41) is 2.77. The maximum atomic E-state index is 12.7. The molecule has 0 aliphatic heterocycles. The summed E-state index contributed by atoms with van der Waals surface area (Å²) in [6, 6.07) is 11.9. The van der Waals surface area contributed by atoms with Crippen molar-refractivity contribution in [1.82, 2.24) is 5.32 Å². The third-order valence-corrected chi connectivity index (χ3v) is 5.70. The average molecular weight is 358 g/mol. The molecule has 0 aromatic heterocycles. The molecule has 5 nitrogen and oxygen atoms in total. The number of nitrogens with one attached hydrogen (secondary N) is 2. The van der Waals surface area contributed by atoms with E-state index in [2.05, 4.69) is 10.0 Å². The molecule has 2 aromatic rings. The minimum Gasteiger partial charge on any atom is -0.352 e. The lowest BCUT2D eigenvalue weighted by Crippen LogP contribution is -2.25. The standard InChI is InChI=1S/C19H22N2O3S/c1-2-12-20-19(22)17-8-3-4-9-18(17)21-25(23,24)16-11-10-14-6-5-7-15(14)13-16/h3-4,8-11,13,21H,2,5-7,12H2,1H3,(H,20,22). The molecule has 0 saturated heterocycles. The van der Waals surface area contributed by atoms with Gasteiger partial charge in [0.15, 0.2) is 0 Å². The molecule has 1 aliphatic carbocycles. The second kappa shape index (κ2) is 7.27. The zero-order chi connectivity index (χ0) is 17.9. The van der Waals surface area contributed by atoms with E-state index in [1.165, 1.54) is 5.56 Å². The predicted molar refractivity (Wildman–Crippen MR) is 98.3 cm³/mol. The Bertz CT molecular complexity index is 891. The molecule has 0 spiro atoms. The van der Waals surface area contributed by atoms with Crippen molar-refractivity contribution < 1.29 is 13.2 Å². The number of sulfonamides is 1. The van der Waals surface area contributed by atoms with Crippen LogP contribution in [-0.4, -0.2) is 20.9 Å². The number of carbonyl (C=O) groups excluding carboxylic acids is 1. The van der Waals surface area contributed by atoms with Crippen molar-refractivity contribution in [1.29, 1.82) is 0 Å². The van der Waals surface area contributed by atoms with Gasteiger partial charge in [0.1, 0.15) is 0 Å². The second-order valence-corrected chi connectivity index (χ2v) is 7.87. The third-order valence-electron chi connectivity index (χ3n) is 4.33. The van der Waals surface area contributed by atoms with Gasteiger partial charge < -0.3 is 5.32 Å². The molecule has 0 bridgehead atoms.